The van der Waals surface area contributed by atoms with Crippen molar-refractivity contribution in [1.82, 2.24) is 4.90 Å². The van der Waals surface area contributed by atoms with Gasteiger partial charge in [0.2, 0.25) is 5.91 Å². The van der Waals surface area contributed by atoms with Crippen molar-refractivity contribution in [3.05, 3.63) is 28.2 Å². The van der Waals surface area contributed by atoms with E-state index in [0.717, 1.165) is 25.9 Å². The maximum atomic E-state index is 12.4. The number of likely N-dealkylation sites (tertiary alicyclic amines) is 1. The molecule has 22 heavy (non-hydrogen) atoms. The van der Waals surface area contributed by atoms with E-state index in [0.29, 0.717) is 21.7 Å². The molecule has 0 aliphatic carbocycles. The Balaban J connectivity index is 1.92. The zero-order valence-corrected chi connectivity index (χ0v) is 14.4. The molecule has 0 spiro atoms. The highest BCUT2D eigenvalue weighted by molar-refractivity contribution is 6.36. The summed E-state index contributed by atoms with van der Waals surface area (Å²) in [6.07, 6.45) is 1.55. The molecule has 1 heterocycles. The molecular weight excluding hydrogens is 323 g/mol. The van der Waals surface area contributed by atoms with E-state index < -0.39 is 0 Å². The van der Waals surface area contributed by atoms with Crippen molar-refractivity contribution < 1.29 is 9.90 Å². The first-order valence-electron chi connectivity index (χ1n) is 7.56. The number of nitrogens with zero attached hydrogens (tertiary/aromatic N) is 1. The Morgan fingerprint density at radius 1 is 1.32 bits per heavy atom. The maximum Gasteiger partial charge on any atom is 0.241 e. The summed E-state index contributed by atoms with van der Waals surface area (Å²) < 4.78 is 0. The quantitative estimate of drug-likeness (QED) is 0.879. The number of halogens is 2. The summed E-state index contributed by atoms with van der Waals surface area (Å²) in [6, 6.07) is 4.77. The van der Waals surface area contributed by atoms with Gasteiger partial charge in [0.1, 0.15) is 0 Å². The van der Waals surface area contributed by atoms with Gasteiger partial charge >= 0.3 is 0 Å². The van der Waals surface area contributed by atoms with E-state index in [2.05, 4.69) is 10.2 Å². The van der Waals surface area contributed by atoms with E-state index in [1.807, 2.05) is 13.8 Å². The van der Waals surface area contributed by atoms with Crippen LogP contribution in [0.3, 0.4) is 0 Å². The third-order valence-electron chi connectivity index (χ3n) is 4.37. The molecule has 1 saturated heterocycles. The van der Waals surface area contributed by atoms with Gasteiger partial charge in [-0.05, 0) is 63.9 Å². The third kappa shape index (κ3) is 4.35. The fourth-order valence-electron chi connectivity index (χ4n) is 2.78. The van der Waals surface area contributed by atoms with Crippen LogP contribution in [-0.2, 0) is 4.79 Å². The number of hydrogen-bond donors (Lipinski definition) is 2. The van der Waals surface area contributed by atoms with Gasteiger partial charge in [0.15, 0.2) is 0 Å². The Kier molecular flexibility index (Phi) is 6.09. The highest BCUT2D eigenvalue weighted by Crippen LogP contribution is 2.26. The SMILES string of the molecule is CC(O)C1CCN(C(C)C(=O)Nc2ccc(Cl)cc2Cl)CC1. The lowest BCUT2D eigenvalue weighted by Crippen LogP contribution is -2.47. The zero-order valence-electron chi connectivity index (χ0n) is 12.9. The number of hydrogen-bond acceptors (Lipinski definition) is 3. The van der Waals surface area contributed by atoms with Crippen LogP contribution < -0.4 is 5.32 Å². The predicted molar refractivity (Wildman–Crippen MR) is 90.5 cm³/mol. The Morgan fingerprint density at radius 2 is 1.95 bits per heavy atom. The average molecular weight is 345 g/mol. The summed E-state index contributed by atoms with van der Waals surface area (Å²) in [5, 5.41) is 13.5. The van der Waals surface area contributed by atoms with Gasteiger partial charge in [-0.3, -0.25) is 9.69 Å². The highest BCUT2D eigenvalue weighted by Gasteiger charge is 2.28. The van der Waals surface area contributed by atoms with Crippen molar-refractivity contribution in [3.63, 3.8) is 0 Å². The van der Waals surface area contributed by atoms with Gasteiger partial charge in [-0.15, -0.1) is 0 Å². The standard InChI is InChI=1S/C16H22Cl2N2O2/c1-10(20-7-5-12(6-8-20)11(2)21)16(22)19-15-4-3-13(17)9-14(15)18/h3-4,9-12,21H,5-8H2,1-2H3,(H,19,22). The van der Waals surface area contributed by atoms with Crippen molar-refractivity contribution in [2.45, 2.75) is 38.8 Å². The van der Waals surface area contributed by atoms with Crippen LogP contribution in [0.2, 0.25) is 10.0 Å². The summed E-state index contributed by atoms with van der Waals surface area (Å²) in [5.74, 6) is 0.247. The topological polar surface area (TPSA) is 52.6 Å². The van der Waals surface area contributed by atoms with Crippen LogP contribution in [0, 0.1) is 5.92 Å². The predicted octanol–water partition coefficient (Wildman–Crippen LogP) is 3.41. The molecule has 6 heteroatoms. The van der Waals surface area contributed by atoms with Gasteiger partial charge in [-0.25, -0.2) is 0 Å². The second-order valence-corrected chi connectivity index (χ2v) is 6.75. The number of anilines is 1. The van der Waals surface area contributed by atoms with Crippen LogP contribution in [0.4, 0.5) is 5.69 Å². The Hall–Kier alpha value is -0.810. The minimum Gasteiger partial charge on any atom is -0.393 e. The molecule has 0 bridgehead atoms. The Labute approximate surface area is 141 Å². The van der Waals surface area contributed by atoms with Gasteiger partial charge in [0.05, 0.1) is 22.9 Å². The number of carbonyl (C=O) groups is 1. The van der Waals surface area contributed by atoms with Gasteiger partial charge in [-0.1, -0.05) is 23.2 Å². The van der Waals surface area contributed by atoms with Gasteiger partial charge < -0.3 is 10.4 Å². The highest BCUT2D eigenvalue weighted by atomic mass is 35.5. The molecule has 1 aliphatic heterocycles. The van der Waals surface area contributed by atoms with E-state index >= 15 is 0 Å². The Bertz CT molecular complexity index is 529. The smallest absolute Gasteiger partial charge is 0.241 e. The lowest BCUT2D eigenvalue weighted by molar-refractivity contribution is -0.121. The van der Waals surface area contributed by atoms with Crippen LogP contribution in [-0.4, -0.2) is 41.1 Å². The number of nitrogens with one attached hydrogen (secondary N) is 1. The second-order valence-electron chi connectivity index (χ2n) is 5.90. The van der Waals surface area contributed by atoms with E-state index in [4.69, 9.17) is 23.2 Å². The van der Waals surface area contributed by atoms with Crippen molar-refractivity contribution >= 4 is 34.8 Å². The van der Waals surface area contributed by atoms with Crippen molar-refractivity contribution in [1.29, 1.82) is 0 Å². The summed E-state index contributed by atoms with van der Waals surface area (Å²) in [5.41, 5.74) is 0.571. The van der Waals surface area contributed by atoms with Crippen LogP contribution in [0.15, 0.2) is 18.2 Å². The molecule has 2 rings (SSSR count). The van der Waals surface area contributed by atoms with E-state index in [1.165, 1.54) is 0 Å². The first-order chi connectivity index (χ1) is 10.4. The summed E-state index contributed by atoms with van der Waals surface area (Å²) in [7, 11) is 0. The molecule has 0 saturated carbocycles. The number of rotatable bonds is 4. The molecule has 1 aromatic rings. The van der Waals surface area contributed by atoms with Crippen molar-refractivity contribution in [2.24, 2.45) is 5.92 Å². The molecule has 1 aromatic carbocycles. The summed E-state index contributed by atoms with van der Waals surface area (Å²) >= 11 is 11.9. The third-order valence-corrected chi connectivity index (χ3v) is 4.92. The number of aliphatic hydroxyl groups excluding tert-OH is 1. The van der Waals surface area contributed by atoms with E-state index in [-0.39, 0.29) is 18.1 Å². The maximum absolute atomic E-state index is 12.4. The summed E-state index contributed by atoms with van der Waals surface area (Å²) in [4.78, 5) is 14.5. The van der Waals surface area contributed by atoms with Gasteiger partial charge in [0.25, 0.3) is 0 Å². The zero-order chi connectivity index (χ0) is 16.3. The fourth-order valence-corrected chi connectivity index (χ4v) is 3.24. The number of amides is 1. The molecule has 122 valence electrons. The van der Waals surface area contributed by atoms with Crippen molar-refractivity contribution in [2.75, 3.05) is 18.4 Å². The van der Waals surface area contributed by atoms with Crippen LogP contribution >= 0.6 is 23.2 Å². The van der Waals surface area contributed by atoms with Crippen LogP contribution in [0.5, 0.6) is 0 Å². The first kappa shape index (κ1) is 17.5. The van der Waals surface area contributed by atoms with Crippen LogP contribution in [0.1, 0.15) is 26.7 Å². The molecule has 2 N–H and O–H groups in total. The van der Waals surface area contributed by atoms with E-state index in [9.17, 15) is 9.90 Å². The lowest BCUT2D eigenvalue weighted by atomic mass is 9.91. The normalized spacial score (nSPS) is 19.7. The number of carbonyl (C=O) groups excluding carboxylic acids is 1. The summed E-state index contributed by atoms with van der Waals surface area (Å²) in [6.45, 7) is 5.36. The minimum absolute atomic E-state index is 0.0836. The molecule has 1 aliphatic rings. The van der Waals surface area contributed by atoms with Gasteiger partial charge in [0, 0.05) is 5.02 Å². The molecule has 0 aromatic heterocycles. The molecular formula is C16H22Cl2N2O2. The first-order valence-corrected chi connectivity index (χ1v) is 8.32. The molecule has 2 atom stereocenters. The second kappa shape index (κ2) is 7.64. The number of aliphatic hydroxyl groups is 1. The molecule has 2 unspecified atom stereocenters. The number of benzene rings is 1. The number of piperidine rings is 1. The molecule has 1 fully saturated rings. The Morgan fingerprint density at radius 3 is 2.50 bits per heavy atom. The average Bonchev–Trinajstić information content (AvgIpc) is 2.49. The minimum atomic E-state index is -0.279. The fraction of sp³-hybridized carbons (Fsp3) is 0.562. The van der Waals surface area contributed by atoms with Gasteiger partial charge in [-0.2, -0.15) is 0 Å². The van der Waals surface area contributed by atoms with Crippen LogP contribution in [0.25, 0.3) is 0 Å². The van der Waals surface area contributed by atoms with E-state index in [1.54, 1.807) is 18.2 Å². The molecule has 4 nitrogen and oxygen atoms in total. The molecule has 0 radical (unpaired) electrons. The monoisotopic (exact) mass is 344 g/mol. The molecule has 1 amide bonds. The lowest BCUT2D eigenvalue weighted by Gasteiger charge is -2.36. The van der Waals surface area contributed by atoms with Crippen molar-refractivity contribution in [3.8, 4) is 0 Å². The largest absolute Gasteiger partial charge is 0.393 e.